The Morgan fingerprint density at radius 1 is 1.22 bits per heavy atom. The van der Waals surface area contributed by atoms with Gasteiger partial charge in [0.15, 0.2) is 0 Å². The van der Waals surface area contributed by atoms with Gasteiger partial charge in [-0.2, -0.15) is 4.37 Å². The van der Waals surface area contributed by atoms with Gasteiger partial charge < -0.3 is 5.32 Å². The third kappa shape index (κ3) is 3.49. The van der Waals surface area contributed by atoms with E-state index in [1.54, 1.807) is 11.3 Å². The summed E-state index contributed by atoms with van der Waals surface area (Å²) in [6.07, 6.45) is 0.941. The van der Waals surface area contributed by atoms with Crippen molar-refractivity contribution in [3.63, 3.8) is 0 Å². The van der Waals surface area contributed by atoms with Crippen molar-refractivity contribution in [1.29, 1.82) is 0 Å². The van der Waals surface area contributed by atoms with E-state index in [1.165, 1.54) is 16.4 Å². The summed E-state index contributed by atoms with van der Waals surface area (Å²) in [5.74, 6) is 1.54. The second kappa shape index (κ2) is 5.75. The number of thiazole rings is 1. The molecule has 0 aliphatic carbocycles. The summed E-state index contributed by atoms with van der Waals surface area (Å²) in [7, 11) is 0. The standard InChI is InChI=1S/C12H18N4S2/c1-7(2)5-11-15-12(18-16-11)13-6-10-8(3)14-9(4)17-10/h7H,5-6H2,1-4H3,(H,13,15,16). The highest BCUT2D eigenvalue weighted by Crippen LogP contribution is 2.20. The van der Waals surface area contributed by atoms with Crippen LogP contribution in [0.5, 0.6) is 0 Å². The molecular weight excluding hydrogens is 264 g/mol. The molecule has 1 N–H and O–H groups in total. The van der Waals surface area contributed by atoms with E-state index in [2.05, 4.69) is 33.5 Å². The summed E-state index contributed by atoms with van der Waals surface area (Å²) in [5, 5.41) is 5.34. The minimum absolute atomic E-state index is 0.596. The lowest BCUT2D eigenvalue weighted by atomic mass is 10.1. The minimum Gasteiger partial charge on any atom is -0.355 e. The van der Waals surface area contributed by atoms with E-state index in [0.717, 1.165) is 34.6 Å². The van der Waals surface area contributed by atoms with Crippen LogP contribution < -0.4 is 5.32 Å². The Morgan fingerprint density at radius 3 is 2.61 bits per heavy atom. The van der Waals surface area contributed by atoms with Crippen LogP contribution in [-0.4, -0.2) is 14.3 Å². The summed E-state index contributed by atoms with van der Waals surface area (Å²) in [6.45, 7) is 9.22. The molecule has 2 rings (SSSR count). The molecule has 0 amide bonds. The predicted molar refractivity (Wildman–Crippen MR) is 77.4 cm³/mol. The molecule has 0 fully saturated rings. The summed E-state index contributed by atoms with van der Waals surface area (Å²) < 4.78 is 4.35. The van der Waals surface area contributed by atoms with Crippen molar-refractivity contribution in [3.8, 4) is 0 Å². The Kier molecular flexibility index (Phi) is 4.29. The number of nitrogens with zero attached hydrogens (tertiary/aromatic N) is 3. The average molecular weight is 282 g/mol. The molecule has 0 aliphatic rings. The van der Waals surface area contributed by atoms with E-state index < -0.39 is 0 Å². The van der Waals surface area contributed by atoms with Crippen LogP contribution in [0.3, 0.4) is 0 Å². The van der Waals surface area contributed by atoms with Gasteiger partial charge in [0, 0.05) is 22.8 Å². The van der Waals surface area contributed by atoms with Gasteiger partial charge in [-0.05, 0) is 19.8 Å². The maximum absolute atomic E-state index is 4.48. The Labute approximate surface area is 116 Å². The third-order valence-electron chi connectivity index (χ3n) is 2.46. The monoisotopic (exact) mass is 282 g/mol. The first-order chi connectivity index (χ1) is 8.54. The van der Waals surface area contributed by atoms with Crippen LogP contribution in [0.4, 0.5) is 5.13 Å². The fraction of sp³-hybridized carbons (Fsp3) is 0.583. The van der Waals surface area contributed by atoms with E-state index in [-0.39, 0.29) is 0 Å². The zero-order valence-electron chi connectivity index (χ0n) is 11.1. The maximum Gasteiger partial charge on any atom is 0.202 e. The van der Waals surface area contributed by atoms with Gasteiger partial charge in [-0.25, -0.2) is 9.97 Å². The SMILES string of the molecule is Cc1nc(C)c(CNc2nc(CC(C)C)ns2)s1. The molecule has 6 heteroatoms. The number of hydrogen-bond acceptors (Lipinski definition) is 6. The average Bonchev–Trinajstić information content (AvgIpc) is 2.82. The molecule has 0 saturated carbocycles. The summed E-state index contributed by atoms with van der Waals surface area (Å²) >= 11 is 3.17. The topological polar surface area (TPSA) is 50.7 Å². The predicted octanol–water partition coefficient (Wildman–Crippen LogP) is 3.42. The van der Waals surface area contributed by atoms with Crippen molar-refractivity contribution in [1.82, 2.24) is 14.3 Å². The molecule has 2 heterocycles. The van der Waals surface area contributed by atoms with Crippen LogP contribution >= 0.6 is 22.9 Å². The summed E-state index contributed by atoms with van der Waals surface area (Å²) in [4.78, 5) is 10.2. The third-order valence-corrected chi connectivity index (χ3v) is 4.24. The number of anilines is 1. The molecule has 0 unspecified atom stereocenters. The van der Waals surface area contributed by atoms with Crippen LogP contribution in [0.15, 0.2) is 0 Å². The second-order valence-corrected chi connectivity index (χ2v) is 6.75. The molecule has 2 aromatic rings. The van der Waals surface area contributed by atoms with Gasteiger partial charge in [-0.15, -0.1) is 11.3 Å². The molecule has 0 saturated heterocycles. The highest BCUT2D eigenvalue weighted by Gasteiger charge is 2.08. The van der Waals surface area contributed by atoms with Crippen LogP contribution in [-0.2, 0) is 13.0 Å². The van der Waals surface area contributed by atoms with Gasteiger partial charge in [0.2, 0.25) is 5.13 Å². The van der Waals surface area contributed by atoms with Crippen molar-refractivity contribution in [2.45, 2.75) is 40.7 Å². The molecule has 0 aromatic carbocycles. The van der Waals surface area contributed by atoms with Gasteiger partial charge in [-0.3, -0.25) is 0 Å². The zero-order chi connectivity index (χ0) is 13.1. The fourth-order valence-corrected chi connectivity index (χ4v) is 3.13. The Balaban J connectivity index is 1.94. The van der Waals surface area contributed by atoms with E-state index >= 15 is 0 Å². The van der Waals surface area contributed by atoms with Gasteiger partial charge >= 0.3 is 0 Å². The number of nitrogens with one attached hydrogen (secondary N) is 1. The highest BCUT2D eigenvalue weighted by atomic mass is 32.1. The number of aryl methyl sites for hydroxylation is 2. The normalized spacial score (nSPS) is 11.2. The molecule has 0 atom stereocenters. The van der Waals surface area contributed by atoms with Crippen LogP contribution in [0.25, 0.3) is 0 Å². The van der Waals surface area contributed by atoms with E-state index in [1.807, 2.05) is 13.8 Å². The molecule has 98 valence electrons. The number of rotatable bonds is 5. The maximum atomic E-state index is 4.48. The van der Waals surface area contributed by atoms with E-state index in [4.69, 9.17) is 0 Å². The molecule has 4 nitrogen and oxygen atoms in total. The van der Waals surface area contributed by atoms with Crippen molar-refractivity contribution < 1.29 is 0 Å². The quantitative estimate of drug-likeness (QED) is 0.913. The van der Waals surface area contributed by atoms with Crippen LogP contribution in [0.2, 0.25) is 0 Å². The van der Waals surface area contributed by atoms with Crippen molar-refractivity contribution in [3.05, 3.63) is 21.4 Å². The van der Waals surface area contributed by atoms with Gasteiger partial charge in [0.25, 0.3) is 0 Å². The van der Waals surface area contributed by atoms with Crippen LogP contribution in [0, 0.1) is 19.8 Å². The lowest BCUT2D eigenvalue weighted by molar-refractivity contribution is 0.627. The highest BCUT2D eigenvalue weighted by molar-refractivity contribution is 7.11. The lowest BCUT2D eigenvalue weighted by Crippen LogP contribution is -2.00. The largest absolute Gasteiger partial charge is 0.355 e. The molecule has 0 radical (unpaired) electrons. The second-order valence-electron chi connectivity index (χ2n) is 4.71. The Morgan fingerprint density at radius 2 is 2.00 bits per heavy atom. The number of aromatic nitrogens is 3. The van der Waals surface area contributed by atoms with Crippen LogP contribution in [0.1, 0.15) is 35.3 Å². The lowest BCUT2D eigenvalue weighted by Gasteiger charge is -2.00. The molecule has 0 aliphatic heterocycles. The first kappa shape index (κ1) is 13.4. The molecule has 0 spiro atoms. The molecule has 0 bridgehead atoms. The Bertz CT molecular complexity index is 516. The molecular formula is C12H18N4S2. The molecule has 18 heavy (non-hydrogen) atoms. The van der Waals surface area contributed by atoms with Gasteiger partial charge in [0.05, 0.1) is 17.2 Å². The number of hydrogen-bond donors (Lipinski definition) is 1. The van der Waals surface area contributed by atoms with Gasteiger partial charge in [-0.1, -0.05) is 13.8 Å². The van der Waals surface area contributed by atoms with E-state index in [0.29, 0.717) is 5.92 Å². The smallest absolute Gasteiger partial charge is 0.202 e. The minimum atomic E-state index is 0.596. The first-order valence-electron chi connectivity index (χ1n) is 6.04. The first-order valence-corrected chi connectivity index (χ1v) is 7.63. The van der Waals surface area contributed by atoms with Crippen molar-refractivity contribution in [2.75, 3.05) is 5.32 Å². The van der Waals surface area contributed by atoms with Gasteiger partial charge in [0.1, 0.15) is 5.82 Å². The Hall–Kier alpha value is -1.01. The zero-order valence-corrected chi connectivity index (χ0v) is 12.8. The van der Waals surface area contributed by atoms with Crippen molar-refractivity contribution in [2.24, 2.45) is 5.92 Å². The van der Waals surface area contributed by atoms with E-state index in [9.17, 15) is 0 Å². The van der Waals surface area contributed by atoms with Crippen molar-refractivity contribution >= 4 is 28.0 Å². The molecule has 2 aromatic heterocycles. The summed E-state index contributed by atoms with van der Waals surface area (Å²) in [6, 6.07) is 0. The fourth-order valence-electron chi connectivity index (χ4n) is 1.67. The summed E-state index contributed by atoms with van der Waals surface area (Å²) in [5.41, 5.74) is 1.11.